The van der Waals surface area contributed by atoms with Crippen LogP contribution in [0.5, 0.6) is 0 Å². The smallest absolute Gasteiger partial charge is 0.143 e. The maximum absolute atomic E-state index is 6.20. The first-order chi connectivity index (χ1) is 14.3. The predicted octanol–water partition coefficient (Wildman–Crippen LogP) is 6.81. The minimum atomic E-state index is 0.922. The Morgan fingerprint density at radius 1 is 0.690 bits per heavy atom. The maximum atomic E-state index is 6.20. The Bertz CT molecular complexity index is 1500. The van der Waals surface area contributed by atoms with Crippen molar-refractivity contribution in [2.24, 2.45) is 7.05 Å². The van der Waals surface area contributed by atoms with Crippen molar-refractivity contribution in [3.05, 3.63) is 91.0 Å². The number of hydrogen-bond donors (Lipinski definition) is 0. The van der Waals surface area contributed by atoms with E-state index in [0.717, 1.165) is 55.5 Å². The van der Waals surface area contributed by atoms with Gasteiger partial charge in [0.15, 0.2) is 0 Å². The van der Waals surface area contributed by atoms with Crippen LogP contribution in [0.25, 0.3) is 55.5 Å². The number of imidazole rings is 1. The Balaban J connectivity index is 1.48. The lowest BCUT2D eigenvalue weighted by Crippen LogP contribution is -1.92. The fourth-order valence-corrected chi connectivity index (χ4v) is 4.18. The van der Waals surface area contributed by atoms with E-state index in [1.807, 2.05) is 24.3 Å². The predicted molar refractivity (Wildman–Crippen MR) is 119 cm³/mol. The SMILES string of the molecule is Cn1c(-c2ccc(-c3cccc4c3oc3ccccc34)cc2)nc2ccccc21. The molecule has 0 unspecified atom stereocenters. The molecule has 0 aliphatic rings. The number of aromatic nitrogens is 2. The first kappa shape index (κ1) is 16.1. The third-order valence-corrected chi connectivity index (χ3v) is 5.65. The van der Waals surface area contributed by atoms with Gasteiger partial charge in [-0.1, -0.05) is 72.8 Å². The van der Waals surface area contributed by atoms with Gasteiger partial charge in [-0.15, -0.1) is 0 Å². The number of nitrogens with zero attached hydrogens (tertiary/aromatic N) is 2. The van der Waals surface area contributed by atoms with Crippen LogP contribution in [-0.4, -0.2) is 9.55 Å². The topological polar surface area (TPSA) is 31.0 Å². The molecule has 2 aromatic heterocycles. The number of hydrogen-bond acceptors (Lipinski definition) is 2. The van der Waals surface area contributed by atoms with Crippen molar-refractivity contribution < 1.29 is 4.42 Å². The van der Waals surface area contributed by atoms with Gasteiger partial charge in [-0.05, 0) is 23.8 Å². The summed E-state index contributed by atoms with van der Waals surface area (Å²) in [4.78, 5) is 4.81. The van der Waals surface area contributed by atoms with Gasteiger partial charge in [0.25, 0.3) is 0 Å². The van der Waals surface area contributed by atoms with Gasteiger partial charge in [0, 0.05) is 28.9 Å². The van der Waals surface area contributed by atoms with Gasteiger partial charge in [-0.3, -0.25) is 0 Å². The second-order valence-corrected chi connectivity index (χ2v) is 7.34. The van der Waals surface area contributed by atoms with E-state index in [0.29, 0.717) is 0 Å². The van der Waals surface area contributed by atoms with Crippen LogP contribution in [0.15, 0.2) is 95.4 Å². The van der Waals surface area contributed by atoms with E-state index in [2.05, 4.69) is 78.3 Å². The van der Waals surface area contributed by atoms with Crippen molar-refractivity contribution in [3.63, 3.8) is 0 Å². The Morgan fingerprint density at radius 3 is 2.28 bits per heavy atom. The average molecular weight is 374 g/mol. The highest BCUT2D eigenvalue weighted by atomic mass is 16.3. The van der Waals surface area contributed by atoms with Crippen LogP contribution in [-0.2, 0) is 7.05 Å². The van der Waals surface area contributed by atoms with Gasteiger partial charge in [-0.25, -0.2) is 4.98 Å². The fraction of sp³-hybridized carbons (Fsp3) is 0.0385. The molecular weight excluding hydrogens is 356 g/mol. The van der Waals surface area contributed by atoms with Crippen LogP contribution in [0.3, 0.4) is 0 Å². The summed E-state index contributed by atoms with van der Waals surface area (Å²) in [6, 6.07) is 31.3. The van der Waals surface area contributed by atoms with Crippen LogP contribution in [0.4, 0.5) is 0 Å². The van der Waals surface area contributed by atoms with Crippen molar-refractivity contribution in [2.45, 2.75) is 0 Å². The van der Waals surface area contributed by atoms with E-state index < -0.39 is 0 Å². The third-order valence-electron chi connectivity index (χ3n) is 5.65. The molecule has 0 spiro atoms. The van der Waals surface area contributed by atoms with Gasteiger partial charge in [0.05, 0.1) is 11.0 Å². The second kappa shape index (κ2) is 6.08. The molecular formula is C26H18N2O. The van der Waals surface area contributed by atoms with Gasteiger partial charge >= 0.3 is 0 Å². The molecule has 4 aromatic carbocycles. The summed E-state index contributed by atoms with van der Waals surface area (Å²) in [6.45, 7) is 0. The maximum Gasteiger partial charge on any atom is 0.143 e. The highest BCUT2D eigenvalue weighted by molar-refractivity contribution is 6.09. The first-order valence-corrected chi connectivity index (χ1v) is 9.72. The molecule has 29 heavy (non-hydrogen) atoms. The zero-order valence-electron chi connectivity index (χ0n) is 16.0. The third kappa shape index (κ3) is 2.41. The summed E-state index contributed by atoms with van der Waals surface area (Å²) in [5, 5.41) is 2.30. The quantitative estimate of drug-likeness (QED) is 0.333. The van der Waals surface area contributed by atoms with E-state index in [1.165, 1.54) is 0 Å². The summed E-state index contributed by atoms with van der Waals surface area (Å²) in [7, 11) is 2.06. The molecule has 0 fully saturated rings. The van der Waals surface area contributed by atoms with Gasteiger partial charge < -0.3 is 8.98 Å². The molecule has 0 saturated carbocycles. The molecule has 0 aliphatic carbocycles. The molecule has 0 atom stereocenters. The normalized spacial score (nSPS) is 11.6. The lowest BCUT2D eigenvalue weighted by Gasteiger charge is -2.06. The van der Waals surface area contributed by atoms with Crippen molar-refractivity contribution in [2.75, 3.05) is 0 Å². The van der Waals surface area contributed by atoms with E-state index in [-0.39, 0.29) is 0 Å². The largest absolute Gasteiger partial charge is 0.455 e. The molecule has 0 aliphatic heterocycles. The summed E-state index contributed by atoms with van der Waals surface area (Å²) in [5.74, 6) is 0.972. The van der Waals surface area contributed by atoms with Crippen molar-refractivity contribution in [3.8, 4) is 22.5 Å². The molecule has 3 nitrogen and oxygen atoms in total. The summed E-state index contributed by atoms with van der Waals surface area (Å²) in [6.07, 6.45) is 0. The van der Waals surface area contributed by atoms with E-state index in [1.54, 1.807) is 0 Å². The fourth-order valence-electron chi connectivity index (χ4n) is 4.18. The van der Waals surface area contributed by atoms with Crippen LogP contribution >= 0.6 is 0 Å². The molecule has 0 bridgehead atoms. The Kier molecular flexibility index (Phi) is 3.38. The number of furan rings is 1. The molecule has 3 heteroatoms. The average Bonchev–Trinajstić information content (AvgIpc) is 3.32. The lowest BCUT2D eigenvalue weighted by molar-refractivity contribution is 0.670. The highest BCUT2D eigenvalue weighted by Crippen LogP contribution is 2.36. The molecule has 6 rings (SSSR count). The first-order valence-electron chi connectivity index (χ1n) is 9.72. The van der Waals surface area contributed by atoms with E-state index >= 15 is 0 Å². The lowest BCUT2D eigenvalue weighted by atomic mass is 10.0. The zero-order valence-corrected chi connectivity index (χ0v) is 16.0. The van der Waals surface area contributed by atoms with E-state index in [9.17, 15) is 0 Å². The Hall–Kier alpha value is -3.85. The molecule has 6 aromatic rings. The number of benzene rings is 4. The molecule has 0 N–H and O–H groups in total. The molecule has 0 radical (unpaired) electrons. The summed E-state index contributed by atoms with van der Waals surface area (Å²) in [5.41, 5.74) is 7.35. The Labute approximate surface area is 167 Å². The van der Waals surface area contributed by atoms with Crippen molar-refractivity contribution in [1.82, 2.24) is 9.55 Å². The second-order valence-electron chi connectivity index (χ2n) is 7.34. The number of para-hydroxylation sites is 4. The van der Waals surface area contributed by atoms with Crippen LogP contribution in [0.1, 0.15) is 0 Å². The van der Waals surface area contributed by atoms with Crippen LogP contribution < -0.4 is 0 Å². The van der Waals surface area contributed by atoms with Crippen molar-refractivity contribution >= 4 is 33.0 Å². The van der Waals surface area contributed by atoms with E-state index in [4.69, 9.17) is 9.40 Å². The standard InChI is InChI=1S/C26H18N2O/c1-28-23-11-4-3-10-22(23)27-26(28)18-15-13-17(14-16-18)19-8-6-9-21-20-7-2-5-12-24(20)29-25(19)21/h2-16H,1H3. The highest BCUT2D eigenvalue weighted by Gasteiger charge is 2.13. The molecule has 138 valence electrons. The van der Waals surface area contributed by atoms with Gasteiger partial charge in [-0.2, -0.15) is 0 Å². The monoisotopic (exact) mass is 374 g/mol. The minimum Gasteiger partial charge on any atom is -0.455 e. The van der Waals surface area contributed by atoms with Gasteiger partial charge in [0.1, 0.15) is 17.0 Å². The van der Waals surface area contributed by atoms with Gasteiger partial charge in [0.2, 0.25) is 0 Å². The number of rotatable bonds is 2. The van der Waals surface area contributed by atoms with Crippen molar-refractivity contribution in [1.29, 1.82) is 0 Å². The summed E-state index contributed by atoms with van der Waals surface area (Å²) < 4.78 is 8.34. The zero-order chi connectivity index (χ0) is 19.4. The summed E-state index contributed by atoms with van der Waals surface area (Å²) >= 11 is 0. The Morgan fingerprint density at radius 2 is 1.41 bits per heavy atom. The number of aryl methyl sites for hydroxylation is 1. The van der Waals surface area contributed by atoms with Crippen LogP contribution in [0, 0.1) is 0 Å². The molecule has 0 amide bonds. The number of fused-ring (bicyclic) bond motifs is 4. The van der Waals surface area contributed by atoms with Crippen LogP contribution in [0.2, 0.25) is 0 Å². The minimum absolute atomic E-state index is 0.922. The molecule has 0 saturated heterocycles. The molecule has 2 heterocycles.